The molecule has 0 aliphatic carbocycles. The smallest absolute Gasteiger partial charge is 0.0928 e. The summed E-state index contributed by atoms with van der Waals surface area (Å²) >= 11 is 0. The van der Waals surface area contributed by atoms with Gasteiger partial charge in [-0.25, -0.2) is 4.68 Å². The lowest BCUT2D eigenvalue weighted by Gasteiger charge is -2.40. The number of rotatable bonds is 8. The van der Waals surface area contributed by atoms with Gasteiger partial charge in [-0.2, -0.15) is 5.10 Å². The molecule has 0 unspecified atom stereocenters. The maximum absolute atomic E-state index is 6.10. The van der Waals surface area contributed by atoms with Crippen molar-refractivity contribution in [3.63, 3.8) is 0 Å². The zero-order valence-corrected chi connectivity index (χ0v) is 22.3. The van der Waals surface area contributed by atoms with Gasteiger partial charge in [-0.05, 0) is 47.4 Å². The van der Waals surface area contributed by atoms with E-state index in [1.54, 1.807) is 0 Å². The van der Waals surface area contributed by atoms with E-state index in [0.29, 0.717) is 12.5 Å². The van der Waals surface area contributed by atoms with Crippen LogP contribution in [0.15, 0.2) is 85.1 Å². The van der Waals surface area contributed by atoms with Gasteiger partial charge in [0.25, 0.3) is 0 Å². The number of morpholine rings is 1. The molecule has 0 radical (unpaired) electrons. The fourth-order valence-corrected chi connectivity index (χ4v) is 5.22. The third-order valence-electron chi connectivity index (χ3n) is 7.48. The van der Waals surface area contributed by atoms with Gasteiger partial charge in [-0.1, -0.05) is 62.4 Å². The highest BCUT2D eigenvalue weighted by atomic mass is 16.5. The van der Waals surface area contributed by atoms with Crippen LogP contribution in [0.4, 0.5) is 11.4 Å². The summed E-state index contributed by atoms with van der Waals surface area (Å²) in [7, 11) is 0. The van der Waals surface area contributed by atoms with Crippen molar-refractivity contribution in [3.8, 4) is 16.8 Å². The molecule has 196 valence electrons. The van der Waals surface area contributed by atoms with E-state index >= 15 is 0 Å². The Kier molecular flexibility index (Phi) is 7.16. The number of hydrogen-bond donors (Lipinski definition) is 0. The van der Waals surface area contributed by atoms with E-state index in [-0.39, 0.29) is 6.10 Å². The Morgan fingerprint density at radius 1 is 0.842 bits per heavy atom. The Morgan fingerprint density at radius 2 is 1.58 bits per heavy atom. The molecular weight excluding hydrogens is 472 g/mol. The highest BCUT2D eigenvalue weighted by Crippen LogP contribution is 2.32. The van der Waals surface area contributed by atoms with Crippen molar-refractivity contribution in [3.05, 3.63) is 96.3 Å². The molecule has 2 aliphatic heterocycles. The summed E-state index contributed by atoms with van der Waals surface area (Å²) in [6.07, 6.45) is 2.45. The number of hydrogen-bond acceptors (Lipinski definition) is 5. The Hall–Kier alpha value is -3.61. The minimum atomic E-state index is 0.267. The number of aromatic nitrogens is 2. The second kappa shape index (κ2) is 11.0. The van der Waals surface area contributed by atoms with Gasteiger partial charge in [0.15, 0.2) is 0 Å². The molecule has 6 rings (SSSR count). The van der Waals surface area contributed by atoms with Crippen LogP contribution in [0.25, 0.3) is 16.8 Å². The standard InChI is InChI=1S/C32H36N4O2/c1-24(2)32-31(26-11-13-27(14-12-26)34-15-17-37-18-16-34)22-36(33-32)29-10-6-9-28(19-29)35-20-30(21-35)38-23-25-7-4-3-5-8-25/h3-14,19,22,24,30H,15-18,20-21,23H2,1-2H3. The molecule has 4 aromatic rings. The Labute approximate surface area is 225 Å². The van der Waals surface area contributed by atoms with Crippen molar-refractivity contribution in [1.82, 2.24) is 9.78 Å². The lowest BCUT2D eigenvalue weighted by molar-refractivity contribution is 0.0224. The average molecular weight is 509 g/mol. The summed E-state index contributed by atoms with van der Waals surface area (Å²) in [5.74, 6) is 0.325. The molecule has 0 saturated carbocycles. The zero-order chi connectivity index (χ0) is 25.9. The molecule has 2 fully saturated rings. The lowest BCUT2D eigenvalue weighted by Crippen LogP contribution is -2.52. The second-order valence-electron chi connectivity index (χ2n) is 10.5. The van der Waals surface area contributed by atoms with Gasteiger partial charge in [-0.15, -0.1) is 0 Å². The first-order valence-electron chi connectivity index (χ1n) is 13.7. The van der Waals surface area contributed by atoms with Gasteiger partial charge in [0.05, 0.1) is 37.3 Å². The number of anilines is 2. The van der Waals surface area contributed by atoms with Crippen LogP contribution in [0.1, 0.15) is 31.0 Å². The summed E-state index contributed by atoms with van der Waals surface area (Å²) in [5, 5.41) is 5.04. The molecule has 1 aromatic heterocycles. The minimum Gasteiger partial charge on any atom is -0.378 e. The van der Waals surface area contributed by atoms with E-state index in [4.69, 9.17) is 14.6 Å². The molecule has 6 nitrogen and oxygen atoms in total. The SMILES string of the molecule is CC(C)c1nn(-c2cccc(N3CC(OCc4ccccc4)C3)c2)cc1-c1ccc(N2CCOCC2)cc1. The summed E-state index contributed by atoms with van der Waals surface area (Å²) in [5.41, 5.74) is 8.27. The molecule has 6 heteroatoms. The van der Waals surface area contributed by atoms with Crippen LogP contribution in [0.5, 0.6) is 0 Å². The summed E-state index contributed by atoms with van der Waals surface area (Å²) in [6.45, 7) is 10.4. The summed E-state index contributed by atoms with van der Waals surface area (Å²) < 4.78 is 13.6. The number of benzene rings is 3. The molecule has 0 amide bonds. The van der Waals surface area contributed by atoms with Crippen LogP contribution < -0.4 is 9.80 Å². The topological polar surface area (TPSA) is 42.8 Å². The van der Waals surface area contributed by atoms with Crippen LogP contribution in [0.3, 0.4) is 0 Å². The predicted molar refractivity (Wildman–Crippen MR) is 153 cm³/mol. The maximum atomic E-state index is 6.10. The van der Waals surface area contributed by atoms with E-state index in [1.807, 2.05) is 10.7 Å². The Morgan fingerprint density at radius 3 is 2.32 bits per heavy atom. The normalized spacial score (nSPS) is 16.2. The molecule has 2 aliphatic rings. The van der Waals surface area contributed by atoms with Gasteiger partial charge in [0.1, 0.15) is 0 Å². The fourth-order valence-electron chi connectivity index (χ4n) is 5.22. The van der Waals surface area contributed by atoms with E-state index in [9.17, 15) is 0 Å². The summed E-state index contributed by atoms with van der Waals surface area (Å²) in [4.78, 5) is 4.76. The second-order valence-corrected chi connectivity index (χ2v) is 10.5. The summed E-state index contributed by atoms with van der Waals surface area (Å²) in [6, 6.07) is 27.9. The van der Waals surface area contributed by atoms with E-state index in [1.165, 1.54) is 28.1 Å². The fraction of sp³-hybridized carbons (Fsp3) is 0.344. The van der Waals surface area contributed by atoms with Gasteiger partial charge >= 0.3 is 0 Å². The molecule has 0 N–H and O–H groups in total. The minimum absolute atomic E-state index is 0.267. The highest BCUT2D eigenvalue weighted by Gasteiger charge is 2.28. The molecule has 0 atom stereocenters. The Bertz CT molecular complexity index is 1340. The van der Waals surface area contributed by atoms with Gasteiger partial charge < -0.3 is 19.3 Å². The first-order chi connectivity index (χ1) is 18.6. The van der Waals surface area contributed by atoms with Crippen molar-refractivity contribution in [1.29, 1.82) is 0 Å². The first kappa shape index (κ1) is 24.7. The monoisotopic (exact) mass is 508 g/mol. The zero-order valence-electron chi connectivity index (χ0n) is 22.3. The largest absolute Gasteiger partial charge is 0.378 e. The molecule has 0 spiro atoms. The van der Waals surface area contributed by atoms with Gasteiger partial charge in [0.2, 0.25) is 0 Å². The maximum Gasteiger partial charge on any atom is 0.0928 e. The quantitative estimate of drug-likeness (QED) is 0.296. The van der Waals surface area contributed by atoms with E-state index in [2.05, 4.69) is 103 Å². The molecule has 3 heterocycles. The molecule has 0 bridgehead atoms. The highest BCUT2D eigenvalue weighted by molar-refractivity contribution is 5.69. The molecule has 38 heavy (non-hydrogen) atoms. The number of ether oxygens (including phenoxy) is 2. The lowest BCUT2D eigenvalue weighted by atomic mass is 10.00. The van der Waals surface area contributed by atoms with Crippen molar-refractivity contribution in [2.45, 2.75) is 32.5 Å². The first-order valence-corrected chi connectivity index (χ1v) is 13.7. The third kappa shape index (κ3) is 5.33. The Balaban J connectivity index is 1.16. The average Bonchev–Trinajstić information content (AvgIpc) is 3.40. The third-order valence-corrected chi connectivity index (χ3v) is 7.48. The molecular formula is C32H36N4O2. The van der Waals surface area contributed by atoms with Crippen molar-refractivity contribution in [2.24, 2.45) is 0 Å². The molecule has 2 saturated heterocycles. The van der Waals surface area contributed by atoms with E-state index < -0.39 is 0 Å². The van der Waals surface area contributed by atoms with Gasteiger partial charge in [-0.3, -0.25) is 0 Å². The van der Waals surface area contributed by atoms with Crippen LogP contribution in [-0.4, -0.2) is 55.3 Å². The van der Waals surface area contributed by atoms with Crippen LogP contribution >= 0.6 is 0 Å². The van der Waals surface area contributed by atoms with Crippen molar-refractivity contribution in [2.75, 3.05) is 49.2 Å². The van der Waals surface area contributed by atoms with Crippen LogP contribution in [0, 0.1) is 0 Å². The molecule has 3 aromatic carbocycles. The predicted octanol–water partition coefficient (Wildman–Crippen LogP) is 5.90. The van der Waals surface area contributed by atoms with E-state index in [0.717, 1.165) is 50.8 Å². The van der Waals surface area contributed by atoms with Crippen molar-refractivity contribution < 1.29 is 9.47 Å². The van der Waals surface area contributed by atoms with Gasteiger partial charge in [0, 0.05) is 49.3 Å². The number of nitrogens with zero attached hydrogens (tertiary/aromatic N) is 4. The van der Waals surface area contributed by atoms with Crippen LogP contribution in [-0.2, 0) is 16.1 Å². The van der Waals surface area contributed by atoms with Crippen LogP contribution in [0.2, 0.25) is 0 Å². The van der Waals surface area contributed by atoms with Crippen molar-refractivity contribution >= 4 is 11.4 Å².